The molecule has 1 aromatic heterocycles. The average Bonchev–Trinajstić information content (AvgIpc) is 3.11. The molecule has 1 amide bonds. The Kier molecular flexibility index (Phi) is 6.05. The van der Waals surface area contributed by atoms with Gasteiger partial charge in [0.05, 0.1) is 15.5 Å². The molecule has 5 nitrogen and oxygen atoms in total. The highest BCUT2D eigenvalue weighted by molar-refractivity contribution is 7.92. The summed E-state index contributed by atoms with van der Waals surface area (Å²) in [7, 11) is -2.10. The largest absolute Gasteiger partial charge is 0.351 e. The number of sulfonamides is 1. The topological polar surface area (TPSA) is 66.5 Å². The van der Waals surface area contributed by atoms with Gasteiger partial charge in [0.1, 0.15) is 0 Å². The quantitative estimate of drug-likeness (QED) is 0.617. The maximum atomic E-state index is 12.8. The third kappa shape index (κ3) is 4.36. The summed E-state index contributed by atoms with van der Waals surface area (Å²) < 4.78 is 27.9. The van der Waals surface area contributed by atoms with Crippen LogP contribution in [0, 0.1) is 5.92 Å². The monoisotopic (exact) mass is 416 g/mol. The second-order valence-corrected chi connectivity index (χ2v) is 10.1. The maximum absolute atomic E-state index is 12.8. The molecule has 2 aromatic carbocycles. The second kappa shape index (κ2) is 8.32. The van der Waals surface area contributed by atoms with E-state index in [0.29, 0.717) is 23.0 Å². The number of carbonyl (C=O) groups is 1. The standard InChI is InChI=1S/C21H24N2O3S2/c1-15(2)11-12-22-21(24)20-14-16-13-17(9-10-19(16)27-20)23(3)28(25,26)18-7-5-4-6-8-18/h4-10,13-15H,11-12H2,1-3H3,(H,22,24). The van der Waals surface area contributed by atoms with Gasteiger partial charge in [0, 0.05) is 18.3 Å². The molecule has 0 bridgehead atoms. The van der Waals surface area contributed by atoms with E-state index in [1.165, 1.54) is 22.7 Å². The van der Waals surface area contributed by atoms with Crippen LogP contribution in [-0.4, -0.2) is 27.9 Å². The molecule has 148 valence electrons. The molecule has 0 saturated carbocycles. The van der Waals surface area contributed by atoms with Crippen LogP contribution in [0.25, 0.3) is 10.1 Å². The Hall–Kier alpha value is -2.38. The summed E-state index contributed by atoms with van der Waals surface area (Å²) in [5.74, 6) is 0.445. The third-order valence-corrected chi connectivity index (χ3v) is 7.41. The number of hydrogen-bond donors (Lipinski definition) is 1. The van der Waals surface area contributed by atoms with Crippen LogP contribution in [0.15, 0.2) is 59.5 Å². The minimum Gasteiger partial charge on any atom is -0.351 e. The van der Waals surface area contributed by atoms with Gasteiger partial charge in [-0.3, -0.25) is 9.10 Å². The van der Waals surface area contributed by atoms with Gasteiger partial charge in [0.25, 0.3) is 15.9 Å². The number of hydrogen-bond acceptors (Lipinski definition) is 4. The van der Waals surface area contributed by atoms with Gasteiger partial charge >= 0.3 is 0 Å². The fourth-order valence-electron chi connectivity index (χ4n) is 2.79. The van der Waals surface area contributed by atoms with E-state index in [4.69, 9.17) is 0 Å². The molecule has 1 N–H and O–H groups in total. The molecule has 0 fully saturated rings. The Balaban J connectivity index is 1.83. The van der Waals surface area contributed by atoms with E-state index in [9.17, 15) is 13.2 Å². The van der Waals surface area contributed by atoms with Gasteiger partial charge in [-0.05, 0) is 54.1 Å². The molecule has 0 aliphatic rings. The van der Waals surface area contributed by atoms with Gasteiger partial charge in [0.15, 0.2) is 0 Å². The number of thiophene rings is 1. The first kappa shape index (κ1) is 20.4. The zero-order valence-electron chi connectivity index (χ0n) is 16.2. The average molecular weight is 417 g/mol. The van der Waals surface area contributed by atoms with Crippen molar-refractivity contribution in [3.05, 3.63) is 59.5 Å². The Bertz CT molecular complexity index is 1070. The Morgan fingerprint density at radius 3 is 2.50 bits per heavy atom. The SMILES string of the molecule is CC(C)CCNC(=O)c1cc2cc(N(C)S(=O)(=O)c3ccccc3)ccc2s1. The van der Waals surface area contributed by atoms with E-state index in [2.05, 4.69) is 19.2 Å². The molecule has 28 heavy (non-hydrogen) atoms. The van der Waals surface area contributed by atoms with Crippen molar-refractivity contribution in [3.63, 3.8) is 0 Å². The summed E-state index contributed by atoms with van der Waals surface area (Å²) in [6.45, 7) is 4.88. The van der Waals surface area contributed by atoms with Crippen LogP contribution in [0.4, 0.5) is 5.69 Å². The molecular formula is C21H24N2O3S2. The number of anilines is 1. The number of carbonyl (C=O) groups excluding carboxylic acids is 1. The van der Waals surface area contributed by atoms with E-state index >= 15 is 0 Å². The fraction of sp³-hybridized carbons (Fsp3) is 0.286. The zero-order chi connectivity index (χ0) is 20.3. The Morgan fingerprint density at radius 1 is 1.11 bits per heavy atom. The number of nitrogens with zero attached hydrogens (tertiary/aromatic N) is 1. The zero-order valence-corrected chi connectivity index (χ0v) is 17.8. The lowest BCUT2D eigenvalue weighted by Crippen LogP contribution is -2.26. The number of nitrogens with one attached hydrogen (secondary N) is 1. The van der Waals surface area contributed by atoms with E-state index in [1.54, 1.807) is 42.5 Å². The van der Waals surface area contributed by atoms with Crippen molar-refractivity contribution < 1.29 is 13.2 Å². The van der Waals surface area contributed by atoms with Crippen molar-refractivity contribution in [2.24, 2.45) is 5.92 Å². The number of fused-ring (bicyclic) bond motifs is 1. The molecule has 0 aliphatic heterocycles. The fourth-order valence-corrected chi connectivity index (χ4v) is 4.96. The van der Waals surface area contributed by atoms with Gasteiger partial charge in [-0.2, -0.15) is 0 Å². The molecule has 0 atom stereocenters. The summed E-state index contributed by atoms with van der Waals surface area (Å²) in [5.41, 5.74) is 0.556. The highest BCUT2D eigenvalue weighted by atomic mass is 32.2. The summed E-state index contributed by atoms with van der Waals surface area (Å²) >= 11 is 1.41. The van der Waals surface area contributed by atoms with E-state index in [1.807, 2.05) is 12.1 Å². The lowest BCUT2D eigenvalue weighted by Gasteiger charge is -2.19. The number of rotatable bonds is 7. The summed E-state index contributed by atoms with van der Waals surface area (Å²) in [6.07, 6.45) is 0.933. The predicted octanol–water partition coefficient (Wildman–Crippen LogP) is 4.50. The Morgan fingerprint density at radius 2 is 1.82 bits per heavy atom. The molecule has 0 unspecified atom stereocenters. The van der Waals surface area contributed by atoms with E-state index in [-0.39, 0.29) is 10.8 Å². The lowest BCUT2D eigenvalue weighted by atomic mass is 10.1. The Labute approximate surface area is 170 Å². The van der Waals surface area contributed by atoms with Crippen LogP contribution in [0.3, 0.4) is 0 Å². The van der Waals surface area contributed by atoms with Crippen molar-refractivity contribution in [3.8, 4) is 0 Å². The van der Waals surface area contributed by atoms with Gasteiger partial charge in [-0.1, -0.05) is 32.0 Å². The molecule has 1 heterocycles. The van der Waals surface area contributed by atoms with E-state index < -0.39 is 10.0 Å². The van der Waals surface area contributed by atoms with Gasteiger partial charge in [0.2, 0.25) is 0 Å². The van der Waals surface area contributed by atoms with Crippen LogP contribution in [0.1, 0.15) is 29.9 Å². The molecule has 0 radical (unpaired) electrons. The highest BCUT2D eigenvalue weighted by Gasteiger charge is 2.21. The number of benzene rings is 2. The van der Waals surface area contributed by atoms with Crippen molar-refractivity contribution in [2.45, 2.75) is 25.2 Å². The smallest absolute Gasteiger partial charge is 0.264 e. The van der Waals surface area contributed by atoms with Crippen LogP contribution >= 0.6 is 11.3 Å². The summed E-state index contributed by atoms with van der Waals surface area (Å²) in [4.78, 5) is 13.2. The van der Waals surface area contributed by atoms with Crippen molar-refractivity contribution >= 4 is 43.0 Å². The van der Waals surface area contributed by atoms with Gasteiger partial charge < -0.3 is 5.32 Å². The highest BCUT2D eigenvalue weighted by Crippen LogP contribution is 2.31. The minimum atomic E-state index is -3.63. The molecule has 0 aliphatic carbocycles. The second-order valence-electron chi connectivity index (χ2n) is 7.06. The van der Waals surface area contributed by atoms with Crippen LogP contribution < -0.4 is 9.62 Å². The molecule has 7 heteroatoms. The molecule has 0 saturated heterocycles. The van der Waals surface area contributed by atoms with Crippen molar-refractivity contribution in [1.29, 1.82) is 0 Å². The van der Waals surface area contributed by atoms with Crippen molar-refractivity contribution in [2.75, 3.05) is 17.9 Å². The molecular weight excluding hydrogens is 392 g/mol. The van der Waals surface area contributed by atoms with Crippen LogP contribution in [0.2, 0.25) is 0 Å². The van der Waals surface area contributed by atoms with Gasteiger partial charge in [-0.15, -0.1) is 11.3 Å². The summed E-state index contributed by atoms with van der Waals surface area (Å²) in [6, 6.07) is 15.6. The lowest BCUT2D eigenvalue weighted by molar-refractivity contribution is 0.0956. The van der Waals surface area contributed by atoms with Crippen LogP contribution in [-0.2, 0) is 10.0 Å². The summed E-state index contributed by atoms with van der Waals surface area (Å²) in [5, 5.41) is 3.79. The number of amides is 1. The normalized spacial score (nSPS) is 11.7. The van der Waals surface area contributed by atoms with Crippen molar-refractivity contribution in [1.82, 2.24) is 5.32 Å². The minimum absolute atomic E-state index is 0.0892. The molecule has 3 rings (SSSR count). The van der Waals surface area contributed by atoms with Gasteiger partial charge in [-0.25, -0.2) is 8.42 Å². The molecule has 0 spiro atoms. The third-order valence-electron chi connectivity index (χ3n) is 4.50. The molecule has 3 aromatic rings. The first-order valence-corrected chi connectivity index (χ1v) is 11.4. The maximum Gasteiger partial charge on any atom is 0.264 e. The predicted molar refractivity (Wildman–Crippen MR) is 116 cm³/mol. The first-order chi connectivity index (χ1) is 13.3. The van der Waals surface area contributed by atoms with Crippen LogP contribution in [0.5, 0.6) is 0 Å². The van der Waals surface area contributed by atoms with E-state index in [0.717, 1.165) is 16.5 Å². The first-order valence-electron chi connectivity index (χ1n) is 9.15.